The molecule has 1 aromatic carbocycles. The molecule has 0 unspecified atom stereocenters. The van der Waals surface area contributed by atoms with Crippen molar-refractivity contribution in [2.24, 2.45) is 5.41 Å². The molecule has 0 radical (unpaired) electrons. The van der Waals surface area contributed by atoms with Crippen LogP contribution >= 0.6 is 11.6 Å². The van der Waals surface area contributed by atoms with Gasteiger partial charge in [0.25, 0.3) is 0 Å². The van der Waals surface area contributed by atoms with Gasteiger partial charge in [0.2, 0.25) is 5.91 Å². The van der Waals surface area contributed by atoms with Crippen molar-refractivity contribution in [2.75, 3.05) is 33.4 Å². The second-order valence-corrected chi connectivity index (χ2v) is 7.28. The van der Waals surface area contributed by atoms with Gasteiger partial charge >= 0.3 is 5.76 Å². The predicted molar refractivity (Wildman–Crippen MR) is 99.5 cm³/mol. The number of nitrogens with zero attached hydrogens (tertiary/aromatic N) is 1. The smallest absolute Gasteiger partial charge is 0.408 e. The molecule has 0 saturated carbocycles. The Morgan fingerprint density at radius 1 is 1.42 bits per heavy atom. The number of aryl methyl sites for hydroxylation is 1. The number of fused-ring (bicyclic) bond motifs is 1. The highest BCUT2D eigenvalue weighted by Crippen LogP contribution is 2.28. The molecule has 3 rings (SSSR count). The standard InChI is InChI=1S/C18H24ClN3O4/c1-25-12-18(5-7-20-8-6-18)11-21-16(23)4-9-22-14-3-2-13(19)10-15(14)26-17(22)24/h2-3,10,20H,4-9,11-12H2,1H3,(H,21,23). The minimum absolute atomic E-state index is 0.0222. The van der Waals surface area contributed by atoms with Crippen LogP contribution in [0.4, 0.5) is 0 Å². The molecule has 2 heterocycles. The monoisotopic (exact) mass is 381 g/mol. The molecule has 2 N–H and O–H groups in total. The van der Waals surface area contributed by atoms with E-state index >= 15 is 0 Å². The lowest BCUT2D eigenvalue weighted by molar-refractivity contribution is -0.122. The van der Waals surface area contributed by atoms with Crippen molar-refractivity contribution >= 4 is 28.6 Å². The molecule has 1 aliphatic heterocycles. The van der Waals surface area contributed by atoms with E-state index in [1.807, 2.05) is 0 Å². The fourth-order valence-corrected chi connectivity index (χ4v) is 3.64. The third-order valence-corrected chi connectivity index (χ3v) is 5.20. The van der Waals surface area contributed by atoms with Gasteiger partial charge < -0.3 is 19.8 Å². The molecular formula is C18H24ClN3O4. The van der Waals surface area contributed by atoms with Gasteiger partial charge in [-0.2, -0.15) is 0 Å². The number of carbonyl (C=O) groups is 1. The van der Waals surface area contributed by atoms with Gasteiger partial charge in [0.1, 0.15) is 0 Å². The molecule has 1 aliphatic rings. The van der Waals surface area contributed by atoms with Gasteiger partial charge in [-0.25, -0.2) is 4.79 Å². The van der Waals surface area contributed by atoms with Crippen molar-refractivity contribution < 1.29 is 13.9 Å². The Labute approximate surface area is 156 Å². The van der Waals surface area contributed by atoms with Crippen LogP contribution in [0, 0.1) is 5.41 Å². The highest BCUT2D eigenvalue weighted by atomic mass is 35.5. The minimum Gasteiger partial charge on any atom is -0.408 e. The lowest BCUT2D eigenvalue weighted by atomic mass is 9.79. The summed E-state index contributed by atoms with van der Waals surface area (Å²) in [6, 6.07) is 5.02. The van der Waals surface area contributed by atoms with E-state index in [4.69, 9.17) is 20.8 Å². The third-order valence-electron chi connectivity index (χ3n) is 4.97. The fraction of sp³-hybridized carbons (Fsp3) is 0.556. The van der Waals surface area contributed by atoms with Gasteiger partial charge in [-0.3, -0.25) is 9.36 Å². The number of hydrogen-bond donors (Lipinski definition) is 2. The first kappa shape index (κ1) is 18.9. The third kappa shape index (κ3) is 4.28. The Bertz CT molecular complexity index is 818. The average molecular weight is 382 g/mol. The predicted octanol–water partition coefficient (Wildman–Crippen LogP) is 1.77. The lowest BCUT2D eigenvalue weighted by Crippen LogP contribution is -2.47. The highest BCUT2D eigenvalue weighted by Gasteiger charge is 2.32. The fourth-order valence-electron chi connectivity index (χ4n) is 3.48. The second-order valence-electron chi connectivity index (χ2n) is 6.84. The molecule has 0 aliphatic carbocycles. The molecule has 2 aromatic rings. The topological polar surface area (TPSA) is 85.5 Å². The van der Waals surface area contributed by atoms with Crippen LogP contribution in [0.25, 0.3) is 11.1 Å². The first-order valence-electron chi connectivity index (χ1n) is 8.78. The second kappa shape index (κ2) is 8.24. The Morgan fingerprint density at radius 3 is 2.92 bits per heavy atom. The number of hydrogen-bond acceptors (Lipinski definition) is 5. The molecule has 1 aromatic heterocycles. The van der Waals surface area contributed by atoms with Crippen molar-refractivity contribution in [3.05, 3.63) is 33.8 Å². The van der Waals surface area contributed by atoms with E-state index in [0.717, 1.165) is 25.9 Å². The molecule has 8 heteroatoms. The maximum Gasteiger partial charge on any atom is 0.419 e. The summed E-state index contributed by atoms with van der Waals surface area (Å²) < 4.78 is 12.0. The Balaban J connectivity index is 1.59. The SMILES string of the molecule is COCC1(CNC(=O)CCn2c(=O)oc3cc(Cl)ccc32)CCNCC1. The summed E-state index contributed by atoms with van der Waals surface area (Å²) in [5.41, 5.74) is 1.05. The molecule has 26 heavy (non-hydrogen) atoms. The normalized spacial score (nSPS) is 16.7. The molecular weight excluding hydrogens is 358 g/mol. The summed E-state index contributed by atoms with van der Waals surface area (Å²) in [7, 11) is 1.69. The van der Waals surface area contributed by atoms with Crippen molar-refractivity contribution in [3.63, 3.8) is 0 Å². The van der Waals surface area contributed by atoms with Crippen LogP contribution in [0.3, 0.4) is 0 Å². The van der Waals surface area contributed by atoms with Gasteiger partial charge in [-0.1, -0.05) is 11.6 Å². The molecule has 142 valence electrons. The number of halogens is 1. The van der Waals surface area contributed by atoms with Gasteiger partial charge in [0.05, 0.1) is 12.1 Å². The van der Waals surface area contributed by atoms with Crippen LogP contribution in [-0.2, 0) is 16.1 Å². The van der Waals surface area contributed by atoms with E-state index in [0.29, 0.717) is 29.3 Å². The molecule has 0 atom stereocenters. The van der Waals surface area contributed by atoms with Crippen molar-refractivity contribution in [3.8, 4) is 0 Å². The van der Waals surface area contributed by atoms with E-state index in [9.17, 15) is 9.59 Å². The summed E-state index contributed by atoms with van der Waals surface area (Å²) in [5, 5.41) is 6.84. The van der Waals surface area contributed by atoms with Gasteiger partial charge in [-0.15, -0.1) is 0 Å². The number of aromatic nitrogens is 1. The zero-order valence-corrected chi connectivity index (χ0v) is 15.6. The van der Waals surface area contributed by atoms with Gasteiger partial charge in [0, 0.05) is 43.1 Å². The number of carbonyl (C=O) groups excluding carboxylic acids is 1. The average Bonchev–Trinajstić information content (AvgIpc) is 2.93. The largest absolute Gasteiger partial charge is 0.419 e. The number of ether oxygens (including phenoxy) is 1. The Kier molecular flexibility index (Phi) is 6.01. The summed E-state index contributed by atoms with van der Waals surface area (Å²) in [5.74, 6) is -0.571. The summed E-state index contributed by atoms with van der Waals surface area (Å²) in [4.78, 5) is 24.3. The number of oxazole rings is 1. The number of benzene rings is 1. The van der Waals surface area contributed by atoms with Gasteiger partial charge in [0.15, 0.2) is 5.58 Å². The van der Waals surface area contributed by atoms with E-state index in [2.05, 4.69) is 10.6 Å². The van der Waals surface area contributed by atoms with E-state index in [-0.39, 0.29) is 24.3 Å². The number of amides is 1. The Hall–Kier alpha value is -1.83. The molecule has 7 nitrogen and oxygen atoms in total. The van der Waals surface area contributed by atoms with E-state index in [1.165, 1.54) is 4.57 Å². The maximum absolute atomic E-state index is 12.3. The number of piperidine rings is 1. The first-order valence-corrected chi connectivity index (χ1v) is 9.16. The number of methoxy groups -OCH3 is 1. The first-order chi connectivity index (χ1) is 12.5. The highest BCUT2D eigenvalue weighted by molar-refractivity contribution is 6.31. The van der Waals surface area contributed by atoms with Crippen LogP contribution in [0.15, 0.2) is 27.4 Å². The lowest BCUT2D eigenvalue weighted by Gasteiger charge is -2.37. The maximum atomic E-state index is 12.3. The van der Waals surface area contributed by atoms with Gasteiger partial charge in [-0.05, 0) is 38.1 Å². The molecule has 1 saturated heterocycles. The van der Waals surface area contributed by atoms with Crippen LogP contribution in [0.2, 0.25) is 5.02 Å². The van der Waals surface area contributed by atoms with Crippen LogP contribution in [0.5, 0.6) is 0 Å². The van der Waals surface area contributed by atoms with Crippen molar-refractivity contribution in [1.29, 1.82) is 0 Å². The summed E-state index contributed by atoms with van der Waals surface area (Å²) >= 11 is 5.91. The molecule has 0 bridgehead atoms. The summed E-state index contributed by atoms with van der Waals surface area (Å²) in [6.07, 6.45) is 2.14. The Morgan fingerprint density at radius 2 is 2.19 bits per heavy atom. The number of nitrogens with one attached hydrogen (secondary N) is 2. The summed E-state index contributed by atoms with van der Waals surface area (Å²) in [6.45, 7) is 3.33. The molecule has 0 spiro atoms. The zero-order chi connectivity index (χ0) is 18.6. The van der Waals surface area contributed by atoms with E-state index in [1.54, 1.807) is 25.3 Å². The van der Waals surface area contributed by atoms with Crippen LogP contribution in [0.1, 0.15) is 19.3 Å². The quantitative estimate of drug-likeness (QED) is 0.763. The zero-order valence-electron chi connectivity index (χ0n) is 14.8. The van der Waals surface area contributed by atoms with Crippen LogP contribution < -0.4 is 16.4 Å². The molecule has 1 amide bonds. The van der Waals surface area contributed by atoms with Crippen molar-refractivity contribution in [2.45, 2.75) is 25.8 Å². The van der Waals surface area contributed by atoms with Crippen LogP contribution in [-0.4, -0.2) is 43.8 Å². The molecule has 1 fully saturated rings. The number of rotatable bonds is 7. The minimum atomic E-state index is -0.482. The van der Waals surface area contributed by atoms with E-state index < -0.39 is 5.76 Å². The van der Waals surface area contributed by atoms with Crippen molar-refractivity contribution in [1.82, 2.24) is 15.2 Å².